The molecule has 0 aromatic rings. The maximum Gasteiger partial charge on any atom is 0.331 e. The van der Waals surface area contributed by atoms with E-state index in [-0.39, 0.29) is 34.6 Å². The van der Waals surface area contributed by atoms with Crippen LogP contribution in [0, 0.1) is 28.6 Å². The number of ether oxygens (including phenoxy) is 2. The predicted molar refractivity (Wildman–Crippen MR) is 101 cm³/mol. The zero-order valence-electron chi connectivity index (χ0n) is 16.9. The Bertz CT molecular complexity index is 777. The number of rotatable bonds is 1. The lowest BCUT2D eigenvalue weighted by Gasteiger charge is -2.64. The first kappa shape index (κ1) is 17.9. The largest absolute Gasteiger partial charge is 0.458 e. The predicted octanol–water partition coefficient (Wildman–Crippen LogP) is 2.74. The Labute approximate surface area is 166 Å². The van der Waals surface area contributed by atoms with Gasteiger partial charge >= 0.3 is 5.97 Å². The third kappa shape index (κ3) is 1.88. The molecule has 4 saturated carbocycles. The van der Waals surface area contributed by atoms with E-state index in [4.69, 9.17) is 9.47 Å². The fourth-order valence-corrected chi connectivity index (χ4v) is 8.81. The summed E-state index contributed by atoms with van der Waals surface area (Å²) in [6, 6.07) is 0. The highest BCUT2D eigenvalue weighted by Gasteiger charge is 2.81. The van der Waals surface area contributed by atoms with Crippen molar-refractivity contribution in [1.82, 2.24) is 0 Å². The summed E-state index contributed by atoms with van der Waals surface area (Å²) in [7, 11) is 0. The maximum absolute atomic E-state index is 11.7. The maximum atomic E-state index is 11.7. The molecule has 5 heteroatoms. The van der Waals surface area contributed by atoms with Crippen molar-refractivity contribution < 1.29 is 24.5 Å². The first-order chi connectivity index (χ1) is 13.2. The number of carbonyl (C=O) groups is 1. The van der Waals surface area contributed by atoms with Gasteiger partial charge in [0.1, 0.15) is 12.2 Å². The zero-order chi connectivity index (χ0) is 19.5. The van der Waals surface area contributed by atoms with Crippen molar-refractivity contribution in [3.05, 3.63) is 11.6 Å². The summed E-state index contributed by atoms with van der Waals surface area (Å²) >= 11 is 0. The molecule has 6 aliphatic rings. The van der Waals surface area contributed by atoms with E-state index in [1.165, 1.54) is 5.57 Å². The van der Waals surface area contributed by atoms with Crippen molar-refractivity contribution in [2.75, 3.05) is 6.61 Å². The quantitative estimate of drug-likeness (QED) is 0.533. The van der Waals surface area contributed by atoms with Gasteiger partial charge in [-0.3, -0.25) is 0 Å². The summed E-state index contributed by atoms with van der Waals surface area (Å²) in [6.07, 6.45) is 8.81. The van der Waals surface area contributed by atoms with Gasteiger partial charge in [-0.1, -0.05) is 13.8 Å². The van der Waals surface area contributed by atoms with E-state index in [9.17, 15) is 15.0 Å². The molecule has 0 aromatic heterocycles. The number of fused-ring (bicyclic) bond motifs is 3. The average Bonchev–Trinajstić information content (AvgIpc) is 3.09. The minimum Gasteiger partial charge on any atom is -0.458 e. The average molecular weight is 389 g/mol. The summed E-state index contributed by atoms with van der Waals surface area (Å²) in [5.74, 6) is 1.10. The first-order valence-corrected chi connectivity index (χ1v) is 11.2. The second-order valence-electron chi connectivity index (χ2n) is 11.1. The lowest BCUT2D eigenvalue weighted by Crippen LogP contribution is -2.65. The molecule has 0 bridgehead atoms. The van der Waals surface area contributed by atoms with E-state index in [0.29, 0.717) is 30.8 Å². The van der Waals surface area contributed by atoms with Gasteiger partial charge in [0.15, 0.2) is 0 Å². The molecule has 2 aliphatic heterocycles. The summed E-state index contributed by atoms with van der Waals surface area (Å²) in [4.78, 5) is 11.7. The molecule has 2 heterocycles. The van der Waals surface area contributed by atoms with Crippen LogP contribution in [-0.4, -0.2) is 46.2 Å². The Morgan fingerprint density at radius 3 is 2.57 bits per heavy atom. The monoisotopic (exact) mass is 388 g/mol. The Kier molecular flexibility index (Phi) is 3.34. The molecule has 5 fully saturated rings. The smallest absolute Gasteiger partial charge is 0.331 e. The van der Waals surface area contributed by atoms with Gasteiger partial charge in [0.05, 0.1) is 17.8 Å². The van der Waals surface area contributed by atoms with Crippen LogP contribution in [0.1, 0.15) is 65.2 Å². The van der Waals surface area contributed by atoms with E-state index in [1.54, 1.807) is 6.08 Å². The van der Waals surface area contributed by atoms with E-state index >= 15 is 0 Å². The van der Waals surface area contributed by atoms with Gasteiger partial charge in [-0.05, 0) is 73.7 Å². The molecule has 0 amide bonds. The molecule has 1 spiro atoms. The Morgan fingerprint density at radius 1 is 1.07 bits per heavy atom. The third-order valence-corrected chi connectivity index (χ3v) is 10.3. The highest BCUT2D eigenvalue weighted by atomic mass is 16.6. The second kappa shape index (κ2) is 5.22. The lowest BCUT2D eigenvalue weighted by molar-refractivity contribution is -0.224. The molecular weight excluding hydrogens is 356 g/mol. The van der Waals surface area contributed by atoms with E-state index in [2.05, 4.69) is 13.8 Å². The van der Waals surface area contributed by atoms with E-state index in [0.717, 1.165) is 44.9 Å². The fraction of sp³-hybridized carbons (Fsp3) is 0.870. The van der Waals surface area contributed by atoms with Crippen LogP contribution in [0.3, 0.4) is 0 Å². The molecule has 0 unspecified atom stereocenters. The summed E-state index contributed by atoms with van der Waals surface area (Å²) in [6.45, 7) is 5.12. The standard InChI is InChI=1S/C23H32O5/c1-20-6-3-14(24)11-22(20,26)8-5-16-15(20)4-7-21(2)17(10-18-23(16,21)28-18)13-9-19(25)27-12-13/h9,14-18,24,26H,3-8,10-12H2,1-2H3/t14-,15-,16+,17+,18+,20+,21+,22-,23+/m0/s1. The molecule has 6 rings (SSSR count). The van der Waals surface area contributed by atoms with Crippen molar-refractivity contribution in [2.24, 2.45) is 28.6 Å². The Morgan fingerprint density at radius 2 is 1.82 bits per heavy atom. The zero-order valence-corrected chi connectivity index (χ0v) is 16.9. The Hall–Kier alpha value is -0.910. The highest BCUT2D eigenvalue weighted by molar-refractivity contribution is 5.85. The number of aliphatic hydroxyl groups excluding tert-OH is 1. The number of hydrogen-bond acceptors (Lipinski definition) is 5. The van der Waals surface area contributed by atoms with Crippen LogP contribution in [-0.2, 0) is 14.3 Å². The molecule has 0 radical (unpaired) electrons. The summed E-state index contributed by atoms with van der Waals surface area (Å²) < 4.78 is 11.8. The van der Waals surface area contributed by atoms with Gasteiger partial charge in [-0.15, -0.1) is 0 Å². The minimum atomic E-state index is -0.743. The third-order valence-electron chi connectivity index (χ3n) is 10.3. The van der Waals surface area contributed by atoms with Crippen molar-refractivity contribution in [3.8, 4) is 0 Å². The van der Waals surface area contributed by atoms with Crippen LogP contribution in [0.15, 0.2) is 11.6 Å². The van der Waals surface area contributed by atoms with E-state index < -0.39 is 5.60 Å². The molecule has 0 aromatic carbocycles. The van der Waals surface area contributed by atoms with Gasteiger partial charge in [-0.25, -0.2) is 4.79 Å². The number of carbonyl (C=O) groups excluding carboxylic acids is 1. The molecule has 2 N–H and O–H groups in total. The first-order valence-electron chi connectivity index (χ1n) is 11.2. The molecule has 4 aliphatic carbocycles. The molecule has 28 heavy (non-hydrogen) atoms. The minimum absolute atomic E-state index is 0.0542. The number of esters is 1. The van der Waals surface area contributed by atoms with E-state index in [1.807, 2.05) is 0 Å². The lowest BCUT2D eigenvalue weighted by atomic mass is 9.42. The van der Waals surface area contributed by atoms with Crippen LogP contribution in [0.2, 0.25) is 0 Å². The number of cyclic esters (lactones) is 1. The van der Waals surface area contributed by atoms with Crippen LogP contribution in [0.25, 0.3) is 0 Å². The van der Waals surface area contributed by atoms with Crippen molar-refractivity contribution in [1.29, 1.82) is 0 Å². The van der Waals surface area contributed by atoms with Crippen LogP contribution in [0.5, 0.6) is 0 Å². The molecule has 9 atom stereocenters. The van der Waals surface area contributed by atoms with Crippen molar-refractivity contribution in [3.63, 3.8) is 0 Å². The van der Waals surface area contributed by atoms with Gasteiger partial charge in [-0.2, -0.15) is 0 Å². The molecule has 154 valence electrons. The number of hydrogen-bond donors (Lipinski definition) is 2. The van der Waals surface area contributed by atoms with Crippen molar-refractivity contribution >= 4 is 5.97 Å². The van der Waals surface area contributed by atoms with Gasteiger partial charge < -0.3 is 19.7 Å². The number of aliphatic hydroxyl groups is 2. The van der Waals surface area contributed by atoms with Gasteiger partial charge in [0, 0.05) is 17.9 Å². The molecule has 1 saturated heterocycles. The van der Waals surface area contributed by atoms with Gasteiger partial charge in [0.25, 0.3) is 0 Å². The SMILES string of the molecule is C[C@]12CC[C@H](O)C[C@@]1(O)CC[C@@H]1[C@@H]2CC[C@]2(C)[C@@H](C3=CC(=O)OC3)C[C@H]3O[C@]132. The highest BCUT2D eigenvalue weighted by Crippen LogP contribution is 2.77. The van der Waals surface area contributed by atoms with Crippen molar-refractivity contribution in [2.45, 2.75) is 88.6 Å². The van der Waals surface area contributed by atoms with Crippen LogP contribution < -0.4 is 0 Å². The number of epoxide rings is 1. The van der Waals surface area contributed by atoms with Gasteiger partial charge in [0.2, 0.25) is 0 Å². The second-order valence-corrected chi connectivity index (χ2v) is 11.1. The Balaban J connectivity index is 1.36. The summed E-state index contributed by atoms with van der Waals surface area (Å²) in [5.41, 5.74) is 0.255. The van der Waals surface area contributed by atoms with Crippen LogP contribution in [0.4, 0.5) is 0 Å². The topological polar surface area (TPSA) is 79.3 Å². The summed E-state index contributed by atoms with van der Waals surface area (Å²) in [5, 5.41) is 21.8. The molecule has 5 nitrogen and oxygen atoms in total. The van der Waals surface area contributed by atoms with Crippen LogP contribution >= 0.6 is 0 Å². The normalized spacial score (nSPS) is 59.5. The fourth-order valence-electron chi connectivity index (χ4n) is 8.81. The molecular formula is C23H32O5.